The number of carbonyl (C=O) groups is 1. The van der Waals surface area contributed by atoms with Crippen molar-refractivity contribution in [3.63, 3.8) is 0 Å². The zero-order valence-electron chi connectivity index (χ0n) is 15.1. The van der Waals surface area contributed by atoms with Crippen molar-refractivity contribution in [1.82, 2.24) is 4.98 Å². The van der Waals surface area contributed by atoms with E-state index in [1.54, 1.807) is 13.1 Å². The third-order valence-corrected chi connectivity index (χ3v) is 4.86. The van der Waals surface area contributed by atoms with Crippen molar-refractivity contribution in [1.29, 1.82) is 0 Å². The SMILES string of the molecule is Cc1c(F)c(N2CC[C@H](N)C2)nc2c1CC(C(=O)O)=CN2C(C)(C)C. The van der Waals surface area contributed by atoms with Crippen LogP contribution in [0.25, 0.3) is 0 Å². The second-order valence-electron chi connectivity index (χ2n) is 7.85. The molecule has 3 heterocycles. The average molecular weight is 348 g/mol. The van der Waals surface area contributed by atoms with E-state index in [9.17, 15) is 14.3 Å². The molecule has 3 N–H and O–H groups in total. The van der Waals surface area contributed by atoms with Crippen LogP contribution in [0.4, 0.5) is 16.0 Å². The molecule has 0 spiro atoms. The van der Waals surface area contributed by atoms with Crippen LogP contribution in [-0.2, 0) is 11.2 Å². The highest BCUT2D eigenvalue weighted by Gasteiger charge is 2.34. The number of hydrogen-bond acceptors (Lipinski definition) is 5. The number of aromatic nitrogens is 1. The van der Waals surface area contributed by atoms with Crippen molar-refractivity contribution in [2.24, 2.45) is 5.73 Å². The highest BCUT2D eigenvalue weighted by atomic mass is 19.1. The Hall–Kier alpha value is -2.15. The largest absolute Gasteiger partial charge is 0.478 e. The fourth-order valence-corrected chi connectivity index (χ4v) is 3.38. The van der Waals surface area contributed by atoms with Gasteiger partial charge in [-0.25, -0.2) is 14.2 Å². The fourth-order valence-electron chi connectivity index (χ4n) is 3.38. The van der Waals surface area contributed by atoms with Gasteiger partial charge in [-0.15, -0.1) is 0 Å². The second-order valence-corrected chi connectivity index (χ2v) is 7.85. The number of nitrogens with zero attached hydrogens (tertiary/aromatic N) is 3. The molecule has 3 rings (SSSR count). The summed E-state index contributed by atoms with van der Waals surface area (Å²) in [5, 5.41) is 9.43. The van der Waals surface area contributed by atoms with Crippen LogP contribution in [0.15, 0.2) is 11.8 Å². The molecule has 7 heteroatoms. The van der Waals surface area contributed by atoms with E-state index in [1.165, 1.54) is 0 Å². The van der Waals surface area contributed by atoms with E-state index in [1.807, 2.05) is 30.6 Å². The summed E-state index contributed by atoms with van der Waals surface area (Å²) in [6.45, 7) is 8.88. The van der Waals surface area contributed by atoms with Crippen LogP contribution in [0.2, 0.25) is 0 Å². The van der Waals surface area contributed by atoms with Crippen molar-refractivity contribution >= 4 is 17.6 Å². The monoisotopic (exact) mass is 348 g/mol. The van der Waals surface area contributed by atoms with Crippen LogP contribution in [-0.4, -0.2) is 40.7 Å². The van der Waals surface area contributed by atoms with Crippen molar-refractivity contribution < 1.29 is 14.3 Å². The molecule has 1 aromatic rings. The maximum Gasteiger partial charge on any atom is 0.333 e. The zero-order valence-corrected chi connectivity index (χ0v) is 15.1. The van der Waals surface area contributed by atoms with Gasteiger partial charge in [-0.05, 0) is 39.7 Å². The predicted molar refractivity (Wildman–Crippen MR) is 95.4 cm³/mol. The quantitative estimate of drug-likeness (QED) is 0.853. The standard InChI is InChI=1S/C18H25FN4O2/c1-10-13-7-11(17(24)25)8-23(18(2,3)4)15(13)21-16(14(10)19)22-6-5-12(20)9-22/h8,12H,5-7,9,20H2,1-4H3,(H,24,25)/t12-/m0/s1. The van der Waals surface area contributed by atoms with Gasteiger partial charge in [0.1, 0.15) is 5.82 Å². The first kappa shape index (κ1) is 17.7. The van der Waals surface area contributed by atoms with Gasteiger partial charge in [-0.2, -0.15) is 0 Å². The topological polar surface area (TPSA) is 82.7 Å². The van der Waals surface area contributed by atoms with E-state index in [0.29, 0.717) is 35.9 Å². The number of fused-ring (bicyclic) bond motifs is 1. The molecule has 0 amide bonds. The predicted octanol–water partition coefficient (Wildman–Crippen LogP) is 2.20. The minimum absolute atomic E-state index is 0.0229. The lowest BCUT2D eigenvalue weighted by Crippen LogP contribution is -2.41. The van der Waals surface area contributed by atoms with Crippen LogP contribution < -0.4 is 15.5 Å². The summed E-state index contributed by atoms with van der Waals surface area (Å²) in [6, 6.07) is 0.0229. The Morgan fingerprint density at radius 3 is 2.60 bits per heavy atom. The molecule has 0 saturated carbocycles. The van der Waals surface area contributed by atoms with Gasteiger partial charge in [-0.1, -0.05) is 0 Å². The number of aliphatic carboxylic acids is 1. The number of anilines is 2. The third-order valence-electron chi connectivity index (χ3n) is 4.86. The summed E-state index contributed by atoms with van der Waals surface area (Å²) in [4.78, 5) is 19.8. The minimum atomic E-state index is -0.991. The Balaban J connectivity index is 2.15. The van der Waals surface area contributed by atoms with E-state index in [-0.39, 0.29) is 29.4 Å². The van der Waals surface area contributed by atoms with E-state index < -0.39 is 5.97 Å². The first-order valence-corrected chi connectivity index (χ1v) is 8.52. The van der Waals surface area contributed by atoms with Gasteiger partial charge in [0.25, 0.3) is 0 Å². The number of pyridine rings is 1. The van der Waals surface area contributed by atoms with Crippen LogP contribution in [0.5, 0.6) is 0 Å². The summed E-state index contributed by atoms with van der Waals surface area (Å²) in [5.74, 6) is -0.430. The van der Waals surface area contributed by atoms with E-state index >= 15 is 0 Å². The molecule has 2 aliphatic rings. The molecule has 1 atom stereocenters. The third kappa shape index (κ3) is 3.08. The Bertz CT molecular complexity index is 754. The molecule has 1 fully saturated rings. The van der Waals surface area contributed by atoms with Crippen LogP contribution >= 0.6 is 0 Å². The molecule has 2 aliphatic heterocycles. The summed E-state index contributed by atoms with van der Waals surface area (Å²) < 4.78 is 15.0. The number of hydrogen-bond donors (Lipinski definition) is 2. The van der Waals surface area contributed by atoms with Gasteiger partial charge in [0.2, 0.25) is 0 Å². The van der Waals surface area contributed by atoms with Crippen molar-refractivity contribution in [2.75, 3.05) is 22.9 Å². The van der Waals surface area contributed by atoms with Crippen LogP contribution in [0, 0.1) is 12.7 Å². The molecular weight excluding hydrogens is 323 g/mol. The molecule has 0 radical (unpaired) electrons. The van der Waals surface area contributed by atoms with Gasteiger partial charge in [0, 0.05) is 42.9 Å². The first-order valence-electron chi connectivity index (χ1n) is 8.52. The molecule has 25 heavy (non-hydrogen) atoms. The van der Waals surface area contributed by atoms with Crippen LogP contribution in [0.3, 0.4) is 0 Å². The normalized spacial score (nSPS) is 20.6. The lowest BCUT2D eigenvalue weighted by atomic mass is 9.94. The van der Waals surface area contributed by atoms with Gasteiger partial charge < -0.3 is 20.6 Å². The molecular formula is C18H25FN4O2. The van der Waals surface area contributed by atoms with Gasteiger partial charge >= 0.3 is 5.97 Å². The maximum atomic E-state index is 15.0. The minimum Gasteiger partial charge on any atom is -0.478 e. The number of carboxylic acid groups (broad SMARTS) is 1. The summed E-state index contributed by atoms with van der Waals surface area (Å²) in [7, 11) is 0. The van der Waals surface area contributed by atoms with Crippen LogP contribution in [0.1, 0.15) is 38.3 Å². The maximum absolute atomic E-state index is 15.0. The van der Waals surface area contributed by atoms with E-state index in [4.69, 9.17) is 5.73 Å². The van der Waals surface area contributed by atoms with Crippen molar-refractivity contribution in [2.45, 2.75) is 52.1 Å². The molecule has 0 aliphatic carbocycles. The number of nitrogens with two attached hydrogens (primary N) is 1. The summed E-state index contributed by atoms with van der Waals surface area (Å²) >= 11 is 0. The zero-order chi connectivity index (χ0) is 18.5. The smallest absolute Gasteiger partial charge is 0.333 e. The Kier molecular flexibility index (Phi) is 4.23. The van der Waals surface area contributed by atoms with Crippen molar-refractivity contribution in [3.8, 4) is 0 Å². The number of carboxylic acids is 1. The number of rotatable bonds is 2. The highest BCUT2D eigenvalue weighted by Crippen LogP contribution is 2.38. The lowest BCUT2D eigenvalue weighted by molar-refractivity contribution is -0.132. The molecule has 6 nitrogen and oxygen atoms in total. The molecule has 1 saturated heterocycles. The fraction of sp³-hybridized carbons (Fsp3) is 0.556. The Morgan fingerprint density at radius 1 is 1.40 bits per heavy atom. The van der Waals surface area contributed by atoms with E-state index in [2.05, 4.69) is 4.98 Å². The van der Waals surface area contributed by atoms with Gasteiger partial charge in [-0.3, -0.25) is 0 Å². The first-order chi connectivity index (χ1) is 11.6. The summed E-state index contributed by atoms with van der Waals surface area (Å²) in [5.41, 5.74) is 6.91. The van der Waals surface area contributed by atoms with Gasteiger partial charge in [0.15, 0.2) is 11.6 Å². The molecule has 1 aromatic heterocycles. The Morgan fingerprint density at radius 2 is 2.08 bits per heavy atom. The van der Waals surface area contributed by atoms with Gasteiger partial charge in [0.05, 0.1) is 5.57 Å². The number of halogens is 1. The molecule has 0 unspecified atom stereocenters. The average Bonchev–Trinajstić information content (AvgIpc) is 2.95. The Labute approximate surface area is 147 Å². The molecule has 0 bridgehead atoms. The van der Waals surface area contributed by atoms with Crippen molar-refractivity contribution in [3.05, 3.63) is 28.7 Å². The second kappa shape index (κ2) is 5.98. The lowest BCUT2D eigenvalue weighted by Gasteiger charge is -2.39. The molecule has 0 aromatic carbocycles. The summed E-state index contributed by atoms with van der Waals surface area (Å²) in [6.07, 6.45) is 2.60. The van der Waals surface area contributed by atoms with E-state index in [0.717, 1.165) is 6.42 Å². The molecule has 136 valence electrons. The highest BCUT2D eigenvalue weighted by molar-refractivity contribution is 5.89.